The Bertz CT molecular complexity index is 974. The van der Waals surface area contributed by atoms with E-state index in [1.54, 1.807) is 11.3 Å². The van der Waals surface area contributed by atoms with Crippen LogP contribution >= 0.6 is 11.3 Å². The zero-order valence-corrected chi connectivity index (χ0v) is 18.0. The van der Waals surface area contributed by atoms with Gasteiger partial charge in [0.15, 0.2) is 0 Å². The Morgan fingerprint density at radius 1 is 1.13 bits per heavy atom. The van der Waals surface area contributed by atoms with E-state index in [9.17, 15) is 4.79 Å². The van der Waals surface area contributed by atoms with Crippen molar-refractivity contribution in [3.8, 4) is 11.3 Å². The van der Waals surface area contributed by atoms with Crippen LogP contribution in [0, 0.1) is 5.92 Å². The number of rotatable bonds is 5. The second kappa shape index (κ2) is 8.74. The fourth-order valence-electron chi connectivity index (χ4n) is 4.68. The summed E-state index contributed by atoms with van der Waals surface area (Å²) in [5.74, 6) is 1.35. The molecular formula is C24H28N4OS. The predicted octanol–water partition coefficient (Wildman–Crippen LogP) is 3.95. The molecule has 2 aliphatic heterocycles. The van der Waals surface area contributed by atoms with Crippen molar-refractivity contribution in [2.24, 2.45) is 5.92 Å². The minimum Gasteiger partial charge on any atom is -0.353 e. The summed E-state index contributed by atoms with van der Waals surface area (Å²) < 4.78 is 2.25. The van der Waals surface area contributed by atoms with Gasteiger partial charge >= 0.3 is 0 Å². The fourth-order valence-corrected chi connectivity index (χ4v) is 5.33. The van der Waals surface area contributed by atoms with Gasteiger partial charge in [-0.3, -0.25) is 9.69 Å². The summed E-state index contributed by atoms with van der Waals surface area (Å²) >= 11 is 1.69. The van der Waals surface area contributed by atoms with Crippen LogP contribution in [0.15, 0.2) is 53.4 Å². The molecule has 1 saturated heterocycles. The molecule has 1 aromatic carbocycles. The maximum absolute atomic E-state index is 13.0. The van der Waals surface area contributed by atoms with Crippen LogP contribution in [0.1, 0.15) is 30.7 Å². The maximum Gasteiger partial charge on any atom is 0.225 e. The summed E-state index contributed by atoms with van der Waals surface area (Å²) in [4.78, 5) is 20.1. The van der Waals surface area contributed by atoms with Gasteiger partial charge < -0.3 is 9.88 Å². The van der Waals surface area contributed by atoms with Crippen LogP contribution < -0.4 is 5.32 Å². The Balaban J connectivity index is 1.15. The summed E-state index contributed by atoms with van der Waals surface area (Å²) in [6.45, 7) is 3.81. The summed E-state index contributed by atoms with van der Waals surface area (Å²) in [6.07, 6.45) is 5.78. The molecule has 2 aromatic heterocycles. The average Bonchev–Trinajstić information content (AvgIpc) is 3.45. The van der Waals surface area contributed by atoms with Gasteiger partial charge in [0.2, 0.25) is 5.91 Å². The Morgan fingerprint density at radius 2 is 1.97 bits per heavy atom. The molecule has 1 unspecified atom stereocenters. The maximum atomic E-state index is 13.0. The first-order valence-electron chi connectivity index (χ1n) is 10.9. The molecule has 0 aliphatic carbocycles. The number of carbonyl (C=O) groups is 1. The van der Waals surface area contributed by atoms with Crippen LogP contribution in [0.5, 0.6) is 0 Å². The number of nitrogens with one attached hydrogen (secondary N) is 1. The number of hydrogen-bond acceptors (Lipinski definition) is 4. The van der Waals surface area contributed by atoms with Crippen molar-refractivity contribution in [1.29, 1.82) is 0 Å². The number of benzene rings is 1. The van der Waals surface area contributed by atoms with Gasteiger partial charge in [0, 0.05) is 49.6 Å². The van der Waals surface area contributed by atoms with Crippen LogP contribution in [-0.2, 0) is 24.3 Å². The zero-order chi connectivity index (χ0) is 20.3. The number of aromatic nitrogens is 2. The number of nitrogens with zero attached hydrogens (tertiary/aromatic N) is 3. The summed E-state index contributed by atoms with van der Waals surface area (Å²) in [7, 11) is 0. The third kappa shape index (κ3) is 4.20. The summed E-state index contributed by atoms with van der Waals surface area (Å²) in [5, 5.41) is 7.59. The van der Waals surface area contributed by atoms with Crippen molar-refractivity contribution in [2.45, 2.75) is 44.8 Å². The average molecular weight is 421 g/mol. The van der Waals surface area contributed by atoms with E-state index in [1.165, 1.54) is 11.1 Å². The van der Waals surface area contributed by atoms with Gasteiger partial charge in [0.05, 0.1) is 17.8 Å². The third-order valence-electron chi connectivity index (χ3n) is 6.43. The summed E-state index contributed by atoms with van der Waals surface area (Å²) in [6, 6.07) is 13.1. The van der Waals surface area contributed by atoms with E-state index < -0.39 is 0 Å². The van der Waals surface area contributed by atoms with Crippen LogP contribution in [0.25, 0.3) is 11.3 Å². The number of amides is 1. The van der Waals surface area contributed by atoms with Gasteiger partial charge in [-0.2, -0.15) is 11.3 Å². The second-order valence-electron chi connectivity index (χ2n) is 8.46. The lowest BCUT2D eigenvalue weighted by molar-refractivity contribution is -0.127. The molecule has 5 rings (SSSR count). The van der Waals surface area contributed by atoms with Crippen LogP contribution in [0.4, 0.5) is 0 Å². The number of imidazole rings is 1. The molecule has 3 aromatic rings. The molecule has 1 amide bonds. The zero-order valence-electron chi connectivity index (χ0n) is 17.2. The van der Waals surface area contributed by atoms with Crippen molar-refractivity contribution in [1.82, 2.24) is 19.8 Å². The number of piperidine rings is 1. The number of hydrogen-bond donors (Lipinski definition) is 1. The van der Waals surface area contributed by atoms with E-state index in [4.69, 9.17) is 0 Å². The molecule has 6 heteroatoms. The quantitative estimate of drug-likeness (QED) is 0.680. The Hall–Kier alpha value is -2.44. The molecule has 30 heavy (non-hydrogen) atoms. The molecule has 0 spiro atoms. The second-order valence-corrected chi connectivity index (χ2v) is 9.24. The molecule has 4 heterocycles. The topological polar surface area (TPSA) is 50.2 Å². The predicted molar refractivity (Wildman–Crippen MR) is 120 cm³/mol. The van der Waals surface area contributed by atoms with Crippen molar-refractivity contribution >= 4 is 17.2 Å². The van der Waals surface area contributed by atoms with E-state index in [2.05, 4.69) is 66.9 Å². The molecule has 5 nitrogen and oxygen atoms in total. The number of carbonyl (C=O) groups excluding carboxylic acids is 1. The van der Waals surface area contributed by atoms with Crippen molar-refractivity contribution < 1.29 is 4.79 Å². The van der Waals surface area contributed by atoms with Crippen LogP contribution in [0.3, 0.4) is 0 Å². The van der Waals surface area contributed by atoms with Crippen LogP contribution in [0.2, 0.25) is 0 Å². The molecule has 2 aliphatic rings. The smallest absolute Gasteiger partial charge is 0.225 e. The molecular weight excluding hydrogens is 392 g/mol. The summed E-state index contributed by atoms with van der Waals surface area (Å²) in [5.41, 5.74) is 3.70. The van der Waals surface area contributed by atoms with Gasteiger partial charge in [-0.15, -0.1) is 0 Å². The number of aryl methyl sites for hydroxylation is 1. The number of thiophene rings is 1. The minimum atomic E-state index is 0.0337. The molecule has 0 radical (unpaired) electrons. The first-order chi connectivity index (χ1) is 14.8. The highest BCUT2D eigenvalue weighted by molar-refractivity contribution is 7.08. The normalized spacial score (nSPS) is 20.1. The molecule has 156 valence electrons. The van der Waals surface area contributed by atoms with Gasteiger partial charge in [0.25, 0.3) is 0 Å². The molecule has 1 atom stereocenters. The number of fused-ring (bicyclic) bond motifs is 1. The molecule has 0 saturated carbocycles. The third-order valence-corrected chi connectivity index (χ3v) is 7.11. The van der Waals surface area contributed by atoms with E-state index in [-0.39, 0.29) is 11.8 Å². The molecule has 1 fully saturated rings. The highest BCUT2D eigenvalue weighted by atomic mass is 32.1. The first kappa shape index (κ1) is 19.5. The van der Waals surface area contributed by atoms with Crippen molar-refractivity contribution in [3.63, 3.8) is 0 Å². The first-order valence-corrected chi connectivity index (χ1v) is 11.8. The van der Waals surface area contributed by atoms with Gasteiger partial charge in [-0.25, -0.2) is 4.98 Å². The lowest BCUT2D eigenvalue weighted by Gasteiger charge is -2.33. The largest absolute Gasteiger partial charge is 0.353 e. The van der Waals surface area contributed by atoms with Gasteiger partial charge in [-0.05, 0) is 36.3 Å². The highest BCUT2D eigenvalue weighted by Gasteiger charge is 2.29. The molecule has 0 bridgehead atoms. The Kier molecular flexibility index (Phi) is 5.69. The van der Waals surface area contributed by atoms with Crippen LogP contribution in [-0.4, -0.2) is 39.5 Å². The van der Waals surface area contributed by atoms with Crippen molar-refractivity contribution in [3.05, 3.63) is 64.7 Å². The van der Waals surface area contributed by atoms with Gasteiger partial charge in [-0.1, -0.05) is 30.3 Å². The SMILES string of the molecule is O=C(NC1CCN(Cc2ccccc2)CC1)C1CCc2ncc(-c3ccsc3)n2C1. The van der Waals surface area contributed by atoms with Crippen molar-refractivity contribution in [2.75, 3.05) is 13.1 Å². The lowest BCUT2D eigenvalue weighted by atomic mass is 9.96. The number of likely N-dealkylation sites (tertiary alicyclic amines) is 1. The lowest BCUT2D eigenvalue weighted by Crippen LogP contribution is -2.47. The standard InChI is InChI=1S/C24H28N4OS/c29-24(26-21-8-11-27(12-9-21)15-18-4-2-1-3-5-18)19-6-7-23-25-14-22(28(23)16-19)20-10-13-30-17-20/h1-5,10,13-14,17,19,21H,6-9,11-12,15-16H2,(H,26,29). The van der Waals surface area contributed by atoms with E-state index in [0.717, 1.165) is 63.4 Å². The fraction of sp³-hybridized carbons (Fsp3) is 0.417. The van der Waals surface area contributed by atoms with E-state index >= 15 is 0 Å². The van der Waals surface area contributed by atoms with Gasteiger partial charge in [0.1, 0.15) is 5.82 Å². The monoisotopic (exact) mass is 420 g/mol. The Morgan fingerprint density at radius 3 is 2.73 bits per heavy atom. The Labute approximate surface area is 181 Å². The highest BCUT2D eigenvalue weighted by Crippen LogP contribution is 2.29. The van der Waals surface area contributed by atoms with E-state index in [0.29, 0.717) is 6.04 Å². The minimum absolute atomic E-state index is 0.0337. The molecule has 1 N–H and O–H groups in total. The van der Waals surface area contributed by atoms with E-state index in [1.807, 2.05) is 6.20 Å².